The molecule has 0 bridgehead atoms. The maximum atomic E-state index is 12.3. The van der Waals surface area contributed by atoms with Crippen LogP contribution < -0.4 is 20.3 Å². The molecule has 0 fully saturated rings. The highest BCUT2D eigenvalue weighted by Gasteiger charge is 2.27. The molecule has 1 aromatic carbocycles. The third-order valence-electron chi connectivity index (χ3n) is 4.42. The molecule has 2 heterocycles. The normalized spacial score (nSPS) is 15.3. The van der Waals surface area contributed by atoms with Gasteiger partial charge in [0, 0.05) is 30.5 Å². The van der Waals surface area contributed by atoms with E-state index in [1.54, 1.807) is 25.7 Å². The van der Waals surface area contributed by atoms with Crippen LogP contribution in [0.15, 0.2) is 34.2 Å². The monoisotopic (exact) mass is 389 g/mol. The number of carbonyl (C=O) groups is 1. The van der Waals surface area contributed by atoms with Crippen molar-refractivity contribution in [2.75, 3.05) is 26.5 Å². The summed E-state index contributed by atoms with van der Waals surface area (Å²) in [6.07, 6.45) is 0.958. The third-order valence-corrected chi connectivity index (χ3v) is 5.52. The van der Waals surface area contributed by atoms with Crippen molar-refractivity contribution < 1.29 is 14.3 Å². The molecular weight excluding hydrogens is 366 g/mol. The molecule has 0 radical (unpaired) electrons. The Hall–Kier alpha value is -2.48. The summed E-state index contributed by atoms with van der Waals surface area (Å²) in [6.45, 7) is 2.32. The van der Waals surface area contributed by atoms with Crippen LogP contribution in [-0.2, 0) is 11.2 Å². The largest absolute Gasteiger partial charge is 0.493 e. The maximum absolute atomic E-state index is 12.3. The number of thioether (sulfide) groups is 1. The molecule has 1 aliphatic heterocycles. The van der Waals surface area contributed by atoms with E-state index < -0.39 is 0 Å². The van der Waals surface area contributed by atoms with Crippen LogP contribution in [0.25, 0.3) is 0 Å². The summed E-state index contributed by atoms with van der Waals surface area (Å²) < 4.78 is 12.1. The van der Waals surface area contributed by atoms with Crippen LogP contribution in [0.3, 0.4) is 0 Å². The SMILES string of the molecule is COc1ccc(CCNC(=O)C[C@H]2CSc3nc(C)cc(=O)n32)cc1OC. The average Bonchev–Trinajstić information content (AvgIpc) is 3.04. The van der Waals surface area contributed by atoms with Crippen molar-refractivity contribution >= 4 is 17.7 Å². The molecule has 0 aliphatic carbocycles. The van der Waals surface area contributed by atoms with Gasteiger partial charge in [0.2, 0.25) is 5.91 Å². The van der Waals surface area contributed by atoms with Gasteiger partial charge in [-0.25, -0.2) is 4.98 Å². The first kappa shape index (κ1) is 19.3. The minimum atomic E-state index is -0.147. The topological polar surface area (TPSA) is 82.5 Å². The smallest absolute Gasteiger partial charge is 0.254 e. The number of aryl methyl sites for hydroxylation is 1. The van der Waals surface area contributed by atoms with Gasteiger partial charge in [0.25, 0.3) is 5.56 Å². The summed E-state index contributed by atoms with van der Waals surface area (Å²) >= 11 is 1.52. The lowest BCUT2D eigenvalue weighted by atomic mass is 10.1. The molecule has 0 saturated heterocycles. The first-order valence-electron chi connectivity index (χ1n) is 8.72. The zero-order valence-corrected chi connectivity index (χ0v) is 16.5. The molecule has 7 nitrogen and oxygen atoms in total. The van der Waals surface area contributed by atoms with Crippen LogP contribution >= 0.6 is 11.8 Å². The Labute approximate surface area is 162 Å². The molecule has 1 N–H and O–H groups in total. The first-order chi connectivity index (χ1) is 13.0. The van der Waals surface area contributed by atoms with Crippen LogP contribution in [0.2, 0.25) is 0 Å². The fourth-order valence-electron chi connectivity index (χ4n) is 3.08. The van der Waals surface area contributed by atoms with Crippen LogP contribution in [0.4, 0.5) is 0 Å². The summed E-state index contributed by atoms with van der Waals surface area (Å²) in [4.78, 5) is 28.9. The van der Waals surface area contributed by atoms with E-state index in [0.29, 0.717) is 41.1 Å². The van der Waals surface area contributed by atoms with Gasteiger partial charge >= 0.3 is 0 Å². The predicted molar refractivity (Wildman–Crippen MR) is 104 cm³/mol. The van der Waals surface area contributed by atoms with E-state index in [2.05, 4.69) is 10.3 Å². The van der Waals surface area contributed by atoms with Crippen molar-refractivity contribution in [1.29, 1.82) is 0 Å². The number of amides is 1. The Morgan fingerprint density at radius 2 is 2.07 bits per heavy atom. The summed E-state index contributed by atoms with van der Waals surface area (Å²) in [7, 11) is 3.19. The van der Waals surface area contributed by atoms with Gasteiger partial charge in [-0.15, -0.1) is 0 Å². The maximum Gasteiger partial charge on any atom is 0.254 e. The minimum absolute atomic E-state index is 0.0681. The molecule has 1 amide bonds. The molecule has 1 atom stereocenters. The molecule has 1 aliphatic rings. The Balaban J connectivity index is 1.54. The summed E-state index contributed by atoms with van der Waals surface area (Å²) in [5.41, 5.74) is 1.66. The van der Waals surface area contributed by atoms with Crippen molar-refractivity contribution in [3.8, 4) is 11.5 Å². The van der Waals surface area contributed by atoms with Gasteiger partial charge in [-0.1, -0.05) is 17.8 Å². The summed E-state index contributed by atoms with van der Waals surface area (Å²) in [5, 5.41) is 3.63. The van der Waals surface area contributed by atoms with Gasteiger partial charge in [-0.2, -0.15) is 0 Å². The number of benzene rings is 1. The average molecular weight is 389 g/mol. The van der Waals surface area contributed by atoms with E-state index >= 15 is 0 Å². The molecule has 1 aromatic heterocycles. The van der Waals surface area contributed by atoms with Crippen LogP contribution in [0.1, 0.15) is 23.7 Å². The number of nitrogens with one attached hydrogen (secondary N) is 1. The number of hydrogen-bond donors (Lipinski definition) is 1. The second kappa shape index (κ2) is 8.47. The van der Waals surface area contributed by atoms with E-state index in [0.717, 1.165) is 5.56 Å². The molecule has 0 saturated carbocycles. The Bertz CT molecular complexity index is 897. The number of methoxy groups -OCH3 is 2. The fraction of sp³-hybridized carbons (Fsp3) is 0.421. The highest BCUT2D eigenvalue weighted by molar-refractivity contribution is 7.99. The van der Waals surface area contributed by atoms with Crippen molar-refractivity contribution in [2.45, 2.75) is 31.0 Å². The second-order valence-corrected chi connectivity index (χ2v) is 7.33. The van der Waals surface area contributed by atoms with E-state index in [4.69, 9.17) is 9.47 Å². The van der Waals surface area contributed by atoms with E-state index in [1.165, 1.54) is 17.8 Å². The van der Waals surface area contributed by atoms with Crippen LogP contribution in [-0.4, -0.2) is 42.0 Å². The van der Waals surface area contributed by atoms with Gasteiger partial charge in [-0.3, -0.25) is 14.2 Å². The number of aromatic nitrogens is 2. The summed E-state index contributed by atoms with van der Waals surface area (Å²) in [5.74, 6) is 1.97. The van der Waals surface area contributed by atoms with Gasteiger partial charge in [0.1, 0.15) is 0 Å². The molecule has 144 valence electrons. The Kier molecular flexibility index (Phi) is 6.05. The standard InChI is InChI=1S/C19H23N3O4S/c1-12-8-18(24)22-14(11-27-19(22)21-12)10-17(23)20-7-6-13-4-5-15(25-2)16(9-13)26-3/h4-5,8-9,14H,6-7,10-11H2,1-3H3,(H,20,23)/t14-/m0/s1. The molecular formula is C19H23N3O4S. The zero-order valence-electron chi connectivity index (χ0n) is 15.7. The lowest BCUT2D eigenvalue weighted by molar-refractivity contribution is -0.121. The lowest BCUT2D eigenvalue weighted by Crippen LogP contribution is -2.31. The molecule has 27 heavy (non-hydrogen) atoms. The lowest BCUT2D eigenvalue weighted by Gasteiger charge is -2.13. The molecule has 8 heteroatoms. The number of rotatable bonds is 7. The third kappa shape index (κ3) is 4.44. The fourth-order valence-corrected chi connectivity index (χ4v) is 4.28. The number of hydrogen-bond acceptors (Lipinski definition) is 6. The molecule has 2 aromatic rings. The van der Waals surface area contributed by atoms with Crippen LogP contribution in [0.5, 0.6) is 11.5 Å². The highest BCUT2D eigenvalue weighted by atomic mass is 32.2. The number of ether oxygens (including phenoxy) is 2. The second-order valence-electron chi connectivity index (χ2n) is 6.35. The first-order valence-corrected chi connectivity index (χ1v) is 9.71. The van der Waals surface area contributed by atoms with Gasteiger partial charge < -0.3 is 14.8 Å². The van der Waals surface area contributed by atoms with Crippen molar-refractivity contribution in [3.05, 3.63) is 45.9 Å². The number of nitrogens with zero attached hydrogens (tertiary/aromatic N) is 2. The zero-order chi connectivity index (χ0) is 19.4. The number of fused-ring (bicyclic) bond motifs is 1. The quantitative estimate of drug-likeness (QED) is 0.729. The van der Waals surface area contributed by atoms with Crippen molar-refractivity contribution in [2.24, 2.45) is 0 Å². The Morgan fingerprint density at radius 3 is 2.81 bits per heavy atom. The van der Waals surface area contributed by atoms with Gasteiger partial charge in [-0.05, 0) is 31.0 Å². The number of carbonyl (C=O) groups excluding carboxylic acids is 1. The van der Waals surface area contributed by atoms with Crippen molar-refractivity contribution in [3.63, 3.8) is 0 Å². The molecule has 3 rings (SSSR count). The van der Waals surface area contributed by atoms with Crippen molar-refractivity contribution in [1.82, 2.24) is 14.9 Å². The Morgan fingerprint density at radius 1 is 1.30 bits per heavy atom. The van der Waals surface area contributed by atoms with Crippen LogP contribution in [0, 0.1) is 6.92 Å². The van der Waals surface area contributed by atoms with E-state index in [1.807, 2.05) is 18.2 Å². The molecule has 0 spiro atoms. The molecule has 0 unspecified atom stereocenters. The van der Waals surface area contributed by atoms with Gasteiger partial charge in [0.05, 0.1) is 20.3 Å². The highest BCUT2D eigenvalue weighted by Crippen LogP contribution is 2.32. The summed E-state index contributed by atoms with van der Waals surface area (Å²) in [6, 6.07) is 7.07. The van der Waals surface area contributed by atoms with Gasteiger partial charge in [0.15, 0.2) is 16.7 Å². The van der Waals surface area contributed by atoms with E-state index in [-0.39, 0.29) is 23.9 Å². The van der Waals surface area contributed by atoms with E-state index in [9.17, 15) is 9.59 Å². The minimum Gasteiger partial charge on any atom is -0.493 e. The predicted octanol–water partition coefficient (Wildman–Crippen LogP) is 1.96.